The van der Waals surface area contributed by atoms with Gasteiger partial charge in [-0.3, -0.25) is 14.2 Å². The number of methoxy groups -OCH3 is 1. The number of rotatable bonds is 6. The van der Waals surface area contributed by atoms with Gasteiger partial charge in [0.05, 0.1) is 28.1 Å². The van der Waals surface area contributed by atoms with Gasteiger partial charge in [-0.15, -0.1) is 23.1 Å². The molecule has 1 aliphatic rings. The number of carbonyl (C=O) groups is 1. The molecule has 32 heavy (non-hydrogen) atoms. The van der Waals surface area contributed by atoms with E-state index in [0.717, 1.165) is 40.1 Å². The van der Waals surface area contributed by atoms with Crippen LogP contribution in [0.15, 0.2) is 49.7 Å². The molecular formula is C22H20N4O3S3. The molecule has 3 heterocycles. The third-order valence-electron chi connectivity index (χ3n) is 5.01. The van der Waals surface area contributed by atoms with Crippen molar-refractivity contribution < 1.29 is 9.53 Å². The van der Waals surface area contributed by atoms with Gasteiger partial charge in [-0.25, -0.2) is 4.98 Å². The van der Waals surface area contributed by atoms with Crippen molar-refractivity contribution in [1.82, 2.24) is 9.55 Å². The first-order valence-corrected chi connectivity index (χ1v) is 12.6. The van der Waals surface area contributed by atoms with E-state index in [4.69, 9.17) is 15.5 Å². The Balaban J connectivity index is 1.84. The Labute approximate surface area is 197 Å². The van der Waals surface area contributed by atoms with Crippen molar-refractivity contribution in [2.24, 2.45) is 5.73 Å². The van der Waals surface area contributed by atoms with E-state index in [1.807, 2.05) is 6.07 Å². The highest BCUT2D eigenvalue weighted by Gasteiger charge is 2.24. The lowest BCUT2D eigenvalue weighted by atomic mass is 10.1. The number of nitriles is 1. The maximum atomic E-state index is 13.7. The van der Waals surface area contributed by atoms with Crippen LogP contribution < -0.4 is 16.0 Å². The number of benzene rings is 1. The van der Waals surface area contributed by atoms with Gasteiger partial charge in [0.15, 0.2) is 10.9 Å². The van der Waals surface area contributed by atoms with E-state index in [1.165, 1.54) is 22.8 Å². The Kier molecular flexibility index (Phi) is 6.60. The van der Waals surface area contributed by atoms with Gasteiger partial charge < -0.3 is 10.5 Å². The highest BCUT2D eigenvalue weighted by atomic mass is 32.2. The lowest BCUT2D eigenvalue weighted by molar-refractivity contribution is -0.112. The zero-order chi connectivity index (χ0) is 22.8. The Morgan fingerprint density at radius 1 is 1.38 bits per heavy atom. The summed E-state index contributed by atoms with van der Waals surface area (Å²) in [7, 11) is 1.58. The minimum Gasteiger partial charge on any atom is -0.497 e. The summed E-state index contributed by atoms with van der Waals surface area (Å²) in [6.07, 6.45) is 1.89. The molecule has 0 fully saturated rings. The summed E-state index contributed by atoms with van der Waals surface area (Å²) in [5, 5.41) is 10.3. The lowest BCUT2D eigenvalue weighted by Gasteiger charge is -2.13. The number of nitrogens with two attached hydrogens (primary N) is 1. The first-order valence-electron chi connectivity index (χ1n) is 9.82. The van der Waals surface area contributed by atoms with Gasteiger partial charge in [0.25, 0.3) is 5.56 Å². The summed E-state index contributed by atoms with van der Waals surface area (Å²) < 4.78 is 7.92. The second-order valence-electron chi connectivity index (χ2n) is 7.11. The molecule has 0 amide bonds. The molecule has 1 aliphatic heterocycles. The van der Waals surface area contributed by atoms with E-state index in [0.29, 0.717) is 26.8 Å². The van der Waals surface area contributed by atoms with E-state index >= 15 is 0 Å². The summed E-state index contributed by atoms with van der Waals surface area (Å²) >= 11 is 4.41. The van der Waals surface area contributed by atoms with Crippen molar-refractivity contribution in [2.45, 2.75) is 29.1 Å². The fraction of sp³-hybridized carbons (Fsp3) is 0.273. The van der Waals surface area contributed by atoms with Crippen LogP contribution in [0.1, 0.15) is 18.9 Å². The number of hydrogen-bond donors (Lipinski definition) is 1. The average molecular weight is 485 g/mol. The monoisotopic (exact) mass is 484 g/mol. The molecule has 164 valence electrons. The number of aryl methyl sites for hydroxylation is 1. The van der Waals surface area contributed by atoms with Crippen LogP contribution in [-0.2, 0) is 11.2 Å². The molecule has 2 aromatic heterocycles. The molecule has 1 aromatic carbocycles. The topological polar surface area (TPSA) is 111 Å². The lowest BCUT2D eigenvalue weighted by Crippen LogP contribution is -2.22. The molecule has 7 nitrogen and oxygen atoms in total. The summed E-state index contributed by atoms with van der Waals surface area (Å²) in [5.74, 6) is 1.26. The van der Waals surface area contributed by atoms with Crippen molar-refractivity contribution in [3.63, 3.8) is 0 Å². The number of hydrogen-bond acceptors (Lipinski definition) is 9. The zero-order valence-corrected chi connectivity index (χ0v) is 20.0. The second kappa shape index (κ2) is 9.40. The van der Waals surface area contributed by atoms with Crippen molar-refractivity contribution in [1.29, 1.82) is 5.26 Å². The van der Waals surface area contributed by atoms with Gasteiger partial charge in [-0.1, -0.05) is 11.8 Å². The van der Waals surface area contributed by atoms with Gasteiger partial charge in [0.1, 0.15) is 22.2 Å². The van der Waals surface area contributed by atoms with E-state index in [1.54, 1.807) is 43.1 Å². The maximum absolute atomic E-state index is 13.7. The first kappa shape index (κ1) is 22.5. The number of nitrogens with zero attached hydrogens (tertiary/aromatic N) is 3. The Morgan fingerprint density at radius 3 is 2.78 bits per heavy atom. The molecule has 10 heteroatoms. The van der Waals surface area contributed by atoms with Gasteiger partial charge in [0, 0.05) is 5.70 Å². The van der Waals surface area contributed by atoms with Crippen LogP contribution in [0, 0.1) is 11.3 Å². The van der Waals surface area contributed by atoms with Crippen LogP contribution in [0.2, 0.25) is 0 Å². The number of aromatic nitrogens is 2. The van der Waals surface area contributed by atoms with Crippen molar-refractivity contribution in [3.05, 3.63) is 51.5 Å². The quantitative estimate of drug-likeness (QED) is 0.243. The fourth-order valence-corrected chi connectivity index (χ4v) is 6.91. The normalized spacial score (nSPS) is 13.9. The van der Waals surface area contributed by atoms with Gasteiger partial charge in [-0.2, -0.15) is 5.26 Å². The summed E-state index contributed by atoms with van der Waals surface area (Å²) in [6.45, 7) is 1.52. The average Bonchev–Trinajstić information content (AvgIpc) is 3.17. The molecule has 0 bridgehead atoms. The van der Waals surface area contributed by atoms with Crippen molar-refractivity contribution in [2.75, 3.05) is 18.6 Å². The van der Waals surface area contributed by atoms with Crippen LogP contribution in [0.3, 0.4) is 0 Å². The van der Waals surface area contributed by atoms with Crippen molar-refractivity contribution in [3.8, 4) is 17.5 Å². The number of fused-ring (bicyclic) bond motifs is 3. The summed E-state index contributed by atoms with van der Waals surface area (Å²) in [5.41, 5.74) is 7.33. The largest absolute Gasteiger partial charge is 0.497 e. The molecule has 3 aromatic rings. The van der Waals surface area contributed by atoms with E-state index in [9.17, 15) is 14.9 Å². The predicted octanol–water partition coefficient (Wildman–Crippen LogP) is 3.91. The van der Waals surface area contributed by atoms with Crippen LogP contribution in [0.5, 0.6) is 5.75 Å². The molecule has 2 N–H and O–H groups in total. The number of carbonyl (C=O) groups excluding carboxylic acids is 1. The third kappa shape index (κ3) is 4.16. The Morgan fingerprint density at radius 2 is 2.12 bits per heavy atom. The Hall–Kier alpha value is -2.74. The minimum absolute atomic E-state index is 0.0502. The predicted molar refractivity (Wildman–Crippen MR) is 129 cm³/mol. The maximum Gasteiger partial charge on any atom is 0.267 e. The molecule has 0 radical (unpaired) electrons. The number of allylic oxidation sites excluding steroid dienone is 2. The molecule has 0 spiro atoms. The van der Waals surface area contributed by atoms with Crippen molar-refractivity contribution >= 4 is 50.9 Å². The standard InChI is InChI=1S/C22H20N4O3S3/c1-12(24)16(10-23)17(27)11-31-22-25-19-18(15-4-3-9-30-21(15)32-19)20(28)26(22)13-5-7-14(29-2)8-6-13/h5-8H,3-4,9,11,24H2,1-2H3. The highest BCUT2D eigenvalue weighted by Crippen LogP contribution is 2.41. The molecule has 0 unspecified atom stereocenters. The molecule has 4 rings (SSSR count). The molecule has 0 atom stereocenters. The third-order valence-corrected chi connectivity index (χ3v) is 8.47. The van der Waals surface area contributed by atoms with Gasteiger partial charge in [-0.05, 0) is 55.3 Å². The molecule has 0 aliphatic carbocycles. The Bertz CT molecular complexity index is 1330. The SMILES string of the molecule is COc1ccc(-n2c(SCC(=O)C(C#N)=C(C)N)nc3sc4c(c3c2=O)CCCS4)cc1. The van der Waals surface area contributed by atoms with Gasteiger partial charge in [0.2, 0.25) is 0 Å². The van der Waals surface area contributed by atoms with Crippen LogP contribution in [0.4, 0.5) is 0 Å². The smallest absolute Gasteiger partial charge is 0.267 e. The van der Waals surface area contributed by atoms with Crippen LogP contribution in [-0.4, -0.2) is 33.9 Å². The zero-order valence-electron chi connectivity index (χ0n) is 17.5. The number of ether oxygens (including phenoxy) is 1. The van der Waals surface area contributed by atoms with Crippen LogP contribution in [0.25, 0.3) is 15.9 Å². The second-order valence-corrected chi connectivity index (χ2v) is 10.4. The fourth-order valence-electron chi connectivity index (χ4n) is 3.45. The summed E-state index contributed by atoms with van der Waals surface area (Å²) in [6, 6.07) is 8.99. The first-order chi connectivity index (χ1) is 15.4. The van der Waals surface area contributed by atoms with Crippen LogP contribution >= 0.6 is 34.9 Å². The number of thioether (sulfide) groups is 2. The number of ketones is 1. The molecule has 0 saturated carbocycles. The van der Waals surface area contributed by atoms with E-state index in [-0.39, 0.29) is 22.6 Å². The minimum atomic E-state index is -0.394. The van der Waals surface area contributed by atoms with Gasteiger partial charge >= 0.3 is 0 Å². The molecular weight excluding hydrogens is 464 g/mol. The molecule has 0 saturated heterocycles. The van der Waals surface area contributed by atoms with E-state index in [2.05, 4.69) is 0 Å². The highest BCUT2D eigenvalue weighted by molar-refractivity contribution is 8.01. The number of thiophene rings is 1. The number of Topliss-reactive ketones (excluding diaryl/α,β-unsaturated/α-hetero) is 1. The van der Waals surface area contributed by atoms with E-state index < -0.39 is 5.78 Å². The summed E-state index contributed by atoms with van der Waals surface area (Å²) in [4.78, 5) is 31.7.